The fourth-order valence-corrected chi connectivity index (χ4v) is 1.13. The first kappa shape index (κ1) is 11.8. The Hall–Kier alpha value is -1.27. The van der Waals surface area contributed by atoms with Crippen molar-refractivity contribution in [1.82, 2.24) is 0 Å². The molecule has 0 unspecified atom stereocenters. The van der Waals surface area contributed by atoms with Crippen molar-refractivity contribution in [2.45, 2.75) is 6.43 Å². The Morgan fingerprint density at radius 2 is 1.80 bits per heavy atom. The second-order valence-electron chi connectivity index (χ2n) is 2.88. The molecule has 0 heterocycles. The first-order chi connectivity index (χ1) is 6.86. The summed E-state index contributed by atoms with van der Waals surface area (Å²) >= 11 is 0. The van der Waals surface area contributed by atoms with E-state index in [4.69, 9.17) is 0 Å². The number of rotatable bonds is 3. The maximum atomic E-state index is 12.3. The van der Waals surface area contributed by atoms with Gasteiger partial charge in [0.15, 0.2) is 0 Å². The third-order valence-corrected chi connectivity index (χ3v) is 1.87. The molecule has 15 heavy (non-hydrogen) atoms. The Kier molecular flexibility index (Phi) is 3.21. The lowest BCUT2D eigenvalue weighted by Crippen LogP contribution is -2.34. The van der Waals surface area contributed by atoms with E-state index in [0.29, 0.717) is 6.07 Å². The molecule has 0 saturated carbocycles. The van der Waals surface area contributed by atoms with Crippen LogP contribution in [0, 0.1) is 0 Å². The topological polar surface area (TPSA) is 9.23 Å². The van der Waals surface area contributed by atoms with E-state index < -0.39 is 24.4 Å². The molecule has 1 nitrogen and oxygen atoms in total. The van der Waals surface area contributed by atoms with E-state index in [0.717, 1.165) is 19.2 Å². The van der Waals surface area contributed by atoms with Crippen molar-refractivity contribution in [3.8, 4) is 5.75 Å². The van der Waals surface area contributed by atoms with Crippen LogP contribution in [0.1, 0.15) is 12.0 Å². The van der Waals surface area contributed by atoms with Crippen molar-refractivity contribution in [3.63, 3.8) is 0 Å². The molecule has 0 saturated heterocycles. The number of halogens is 5. The molecular weight excluding hydrogens is 218 g/mol. The fourth-order valence-electron chi connectivity index (χ4n) is 1.13. The van der Waals surface area contributed by atoms with E-state index >= 15 is 0 Å². The molecule has 0 aliphatic carbocycles. The average Bonchev–Trinajstić information content (AvgIpc) is 2.15. The molecule has 0 N–H and O–H groups in total. The zero-order chi connectivity index (χ0) is 11.6. The molecule has 0 fully saturated rings. The maximum Gasteiger partial charge on any atom is 0.509 e. The normalized spacial score (nSPS) is 11.9. The Morgan fingerprint density at radius 3 is 2.20 bits per heavy atom. The minimum absolute atomic E-state index is 0.242. The van der Waals surface area contributed by atoms with E-state index in [9.17, 15) is 21.7 Å². The van der Waals surface area contributed by atoms with E-state index in [1.807, 2.05) is 0 Å². The van der Waals surface area contributed by atoms with Gasteiger partial charge in [-0.25, -0.2) is 8.78 Å². The van der Waals surface area contributed by atoms with Gasteiger partial charge >= 0.3 is 6.98 Å². The van der Waals surface area contributed by atoms with Crippen LogP contribution < -0.4 is 10.2 Å². The van der Waals surface area contributed by atoms with Crippen LogP contribution in [0.15, 0.2) is 18.2 Å². The number of hydrogen-bond acceptors (Lipinski definition) is 1. The van der Waals surface area contributed by atoms with Gasteiger partial charge in [-0.1, -0.05) is 12.1 Å². The van der Waals surface area contributed by atoms with Crippen LogP contribution in [0.4, 0.5) is 21.7 Å². The Balaban J connectivity index is 3.22. The summed E-state index contributed by atoms with van der Waals surface area (Å²) in [4.78, 5) is 0. The van der Waals surface area contributed by atoms with Crippen molar-refractivity contribution in [1.29, 1.82) is 0 Å². The van der Waals surface area contributed by atoms with Gasteiger partial charge in [-0.3, -0.25) is 0 Å². The van der Waals surface area contributed by atoms with Gasteiger partial charge in [-0.05, 0) is 6.07 Å². The summed E-state index contributed by atoms with van der Waals surface area (Å²) in [5, 5.41) is 0. The van der Waals surface area contributed by atoms with Gasteiger partial charge in [-0.15, -0.1) is 5.46 Å². The van der Waals surface area contributed by atoms with Crippen LogP contribution in [-0.2, 0) is 0 Å². The van der Waals surface area contributed by atoms with Gasteiger partial charge in [0, 0.05) is 0 Å². The molecule has 1 aromatic rings. The molecule has 0 spiro atoms. The number of alkyl halides is 2. The zero-order valence-electron chi connectivity index (χ0n) is 7.68. The van der Waals surface area contributed by atoms with Crippen LogP contribution in [0.3, 0.4) is 0 Å². The van der Waals surface area contributed by atoms with Crippen molar-refractivity contribution in [2.75, 3.05) is 7.11 Å². The van der Waals surface area contributed by atoms with Gasteiger partial charge in [0.1, 0.15) is 5.75 Å². The van der Waals surface area contributed by atoms with Crippen molar-refractivity contribution >= 4 is 12.4 Å². The van der Waals surface area contributed by atoms with Gasteiger partial charge in [-0.2, -0.15) is 0 Å². The van der Waals surface area contributed by atoms with Gasteiger partial charge in [0.2, 0.25) is 0 Å². The van der Waals surface area contributed by atoms with Crippen molar-refractivity contribution < 1.29 is 26.5 Å². The van der Waals surface area contributed by atoms with Crippen LogP contribution in [0.2, 0.25) is 0 Å². The summed E-state index contributed by atoms with van der Waals surface area (Å²) in [6.45, 7) is -5.26. The highest BCUT2D eigenvalue weighted by Crippen LogP contribution is 2.28. The third-order valence-electron chi connectivity index (χ3n) is 1.87. The number of hydrogen-bond donors (Lipinski definition) is 0. The second-order valence-corrected chi connectivity index (χ2v) is 2.88. The average molecular weight is 225 g/mol. The smallest absolute Gasteiger partial charge is 0.496 e. The molecule has 0 aromatic heterocycles. The highest BCUT2D eigenvalue weighted by atomic mass is 19.4. The summed E-state index contributed by atoms with van der Waals surface area (Å²) in [6.07, 6.45) is -2.99. The first-order valence-corrected chi connectivity index (χ1v) is 4.02. The van der Waals surface area contributed by atoms with E-state index in [-0.39, 0.29) is 5.75 Å². The Labute approximate surface area is 82.9 Å². The van der Waals surface area contributed by atoms with Crippen LogP contribution in [0.5, 0.6) is 5.75 Å². The monoisotopic (exact) mass is 225 g/mol. The van der Waals surface area contributed by atoms with Crippen LogP contribution in [-0.4, -0.2) is 14.1 Å². The standard InChI is InChI=1S/C8H7BF5O/c1-15-7-3-2-5(9(12,13)14)4-6(7)8(10)11/h2-4,8H,1H3/q-1. The number of benzene rings is 1. The minimum atomic E-state index is -5.26. The lowest BCUT2D eigenvalue weighted by Gasteiger charge is -2.17. The third kappa shape index (κ3) is 2.61. The Morgan fingerprint density at radius 1 is 1.20 bits per heavy atom. The van der Waals surface area contributed by atoms with Gasteiger partial charge < -0.3 is 17.7 Å². The molecule has 1 rings (SSSR count). The van der Waals surface area contributed by atoms with Crippen LogP contribution >= 0.6 is 0 Å². The van der Waals surface area contributed by atoms with E-state index in [1.165, 1.54) is 0 Å². The zero-order valence-corrected chi connectivity index (χ0v) is 7.68. The molecule has 1 aromatic carbocycles. The summed E-state index contributed by atoms with van der Waals surface area (Å²) in [5.74, 6) is -0.242. The molecule has 0 aliphatic heterocycles. The molecule has 84 valence electrons. The highest BCUT2D eigenvalue weighted by Gasteiger charge is 2.27. The lowest BCUT2D eigenvalue weighted by atomic mass is 9.79. The van der Waals surface area contributed by atoms with Crippen LogP contribution in [0.25, 0.3) is 0 Å². The predicted molar refractivity (Wildman–Crippen MR) is 46.7 cm³/mol. The summed E-state index contributed by atoms with van der Waals surface area (Å²) in [6, 6.07) is 2.04. The van der Waals surface area contributed by atoms with Gasteiger partial charge in [0.05, 0.1) is 12.7 Å². The number of methoxy groups -OCH3 is 1. The largest absolute Gasteiger partial charge is 0.509 e. The minimum Gasteiger partial charge on any atom is -0.496 e. The maximum absolute atomic E-state index is 12.3. The first-order valence-electron chi connectivity index (χ1n) is 4.02. The molecule has 7 heteroatoms. The number of ether oxygens (including phenoxy) is 1. The predicted octanol–water partition coefficient (Wildman–Crippen LogP) is 2.69. The summed E-state index contributed by atoms with van der Waals surface area (Å²) in [7, 11) is 1.12. The second kappa shape index (κ2) is 4.08. The van der Waals surface area contributed by atoms with Crippen molar-refractivity contribution in [3.05, 3.63) is 23.8 Å². The Bertz CT molecular complexity index is 349. The van der Waals surface area contributed by atoms with E-state index in [2.05, 4.69) is 4.74 Å². The molecule has 0 radical (unpaired) electrons. The fraction of sp³-hybridized carbons (Fsp3) is 0.250. The van der Waals surface area contributed by atoms with Gasteiger partial charge in [0.25, 0.3) is 6.43 Å². The molecule has 0 aliphatic rings. The lowest BCUT2D eigenvalue weighted by molar-refractivity contribution is 0.147. The molecular formula is C8H7BF5O-. The summed E-state index contributed by atoms with van der Waals surface area (Å²) in [5.41, 5.74) is -1.79. The SMILES string of the molecule is COc1ccc([B-](F)(F)F)cc1C(F)F. The summed E-state index contributed by atoms with van der Waals surface area (Å²) < 4.78 is 65.9. The molecule has 0 bridgehead atoms. The quantitative estimate of drug-likeness (QED) is 0.567. The molecule has 0 atom stereocenters. The van der Waals surface area contributed by atoms with E-state index in [1.54, 1.807) is 0 Å². The van der Waals surface area contributed by atoms with Crippen molar-refractivity contribution in [2.24, 2.45) is 0 Å². The molecule has 0 amide bonds. The highest BCUT2D eigenvalue weighted by molar-refractivity contribution is 6.73.